The number of benzene rings is 1. The van der Waals surface area contributed by atoms with Gasteiger partial charge < -0.3 is 10.3 Å². The van der Waals surface area contributed by atoms with Crippen molar-refractivity contribution in [3.8, 4) is 0 Å². The summed E-state index contributed by atoms with van der Waals surface area (Å²) in [4.78, 5) is 16.5. The van der Waals surface area contributed by atoms with E-state index in [4.69, 9.17) is 5.73 Å². The molecule has 2 aromatic rings. The Kier molecular flexibility index (Phi) is 3.48. The first-order valence-electron chi connectivity index (χ1n) is 6.19. The smallest absolute Gasteiger partial charge is 0.157 e. The number of para-hydroxylation sites is 2. The molecule has 4 heteroatoms. The Balaban J connectivity index is 2.27. The van der Waals surface area contributed by atoms with Gasteiger partial charge in [0.15, 0.2) is 5.78 Å². The highest BCUT2D eigenvalue weighted by Crippen LogP contribution is 2.15. The molecular formula is C14H19N3O. The van der Waals surface area contributed by atoms with Crippen LogP contribution in [0.5, 0.6) is 0 Å². The molecule has 0 saturated carbocycles. The van der Waals surface area contributed by atoms with Crippen molar-refractivity contribution in [3.63, 3.8) is 0 Å². The molecule has 1 unspecified atom stereocenters. The predicted molar refractivity (Wildman–Crippen MR) is 72.2 cm³/mol. The molecule has 0 radical (unpaired) electrons. The van der Waals surface area contributed by atoms with Crippen LogP contribution in [-0.4, -0.2) is 21.4 Å². The molecule has 18 heavy (non-hydrogen) atoms. The highest BCUT2D eigenvalue weighted by Gasteiger charge is 2.19. The summed E-state index contributed by atoms with van der Waals surface area (Å²) in [6, 6.07) is 7.45. The summed E-state index contributed by atoms with van der Waals surface area (Å²) in [7, 11) is 1.93. The molecule has 4 nitrogen and oxygen atoms in total. The minimum Gasteiger partial charge on any atom is -0.331 e. The normalized spacial score (nSPS) is 13.2. The van der Waals surface area contributed by atoms with E-state index >= 15 is 0 Å². The average Bonchev–Trinajstić information content (AvgIpc) is 2.66. The molecule has 96 valence electrons. The van der Waals surface area contributed by atoms with Gasteiger partial charge in [-0.05, 0) is 18.1 Å². The SMILES string of the molecule is CC(C)C(N)C(=O)Cc1nc2ccccc2n1C. The van der Waals surface area contributed by atoms with Crippen LogP contribution in [0, 0.1) is 5.92 Å². The number of nitrogens with two attached hydrogens (primary N) is 1. The standard InChI is InChI=1S/C14H19N3O/c1-9(2)14(15)12(18)8-13-16-10-6-4-5-7-11(10)17(13)3/h4-7,9,14H,8,15H2,1-3H3. The van der Waals surface area contributed by atoms with Crippen LogP contribution in [0.25, 0.3) is 11.0 Å². The van der Waals surface area contributed by atoms with Crippen LogP contribution in [0.2, 0.25) is 0 Å². The number of hydrogen-bond donors (Lipinski definition) is 1. The molecule has 1 atom stereocenters. The van der Waals surface area contributed by atoms with E-state index in [0.29, 0.717) is 6.42 Å². The van der Waals surface area contributed by atoms with Gasteiger partial charge in [0.05, 0.1) is 23.5 Å². The fraction of sp³-hybridized carbons (Fsp3) is 0.429. The highest BCUT2D eigenvalue weighted by atomic mass is 16.1. The van der Waals surface area contributed by atoms with Crippen LogP contribution in [0.1, 0.15) is 19.7 Å². The Morgan fingerprint density at radius 2 is 2.06 bits per heavy atom. The first kappa shape index (κ1) is 12.8. The van der Waals surface area contributed by atoms with Crippen molar-refractivity contribution in [2.24, 2.45) is 18.7 Å². The summed E-state index contributed by atoms with van der Waals surface area (Å²) in [5.41, 5.74) is 7.82. The zero-order chi connectivity index (χ0) is 13.3. The minimum atomic E-state index is -0.412. The molecular weight excluding hydrogens is 226 g/mol. The third kappa shape index (κ3) is 2.29. The second kappa shape index (κ2) is 4.90. The number of carbonyl (C=O) groups is 1. The number of hydrogen-bond acceptors (Lipinski definition) is 3. The van der Waals surface area contributed by atoms with Crippen molar-refractivity contribution >= 4 is 16.8 Å². The van der Waals surface area contributed by atoms with Crippen LogP contribution in [0.3, 0.4) is 0 Å². The summed E-state index contributed by atoms with van der Waals surface area (Å²) < 4.78 is 1.96. The van der Waals surface area contributed by atoms with E-state index < -0.39 is 6.04 Å². The quantitative estimate of drug-likeness (QED) is 0.891. The summed E-state index contributed by atoms with van der Waals surface area (Å²) >= 11 is 0. The van der Waals surface area contributed by atoms with E-state index in [1.165, 1.54) is 0 Å². The van der Waals surface area contributed by atoms with Gasteiger partial charge in [0.1, 0.15) is 5.82 Å². The molecule has 0 aliphatic carbocycles. The average molecular weight is 245 g/mol. The highest BCUT2D eigenvalue weighted by molar-refractivity contribution is 5.86. The van der Waals surface area contributed by atoms with E-state index in [1.807, 2.05) is 49.7 Å². The molecule has 1 aromatic heterocycles. The molecule has 0 fully saturated rings. The third-order valence-corrected chi connectivity index (χ3v) is 3.30. The largest absolute Gasteiger partial charge is 0.331 e. The van der Waals surface area contributed by atoms with E-state index in [0.717, 1.165) is 16.9 Å². The molecule has 0 aliphatic rings. The maximum atomic E-state index is 12.0. The molecule has 0 spiro atoms. The molecule has 0 aliphatic heterocycles. The first-order valence-corrected chi connectivity index (χ1v) is 6.19. The second-order valence-electron chi connectivity index (χ2n) is 4.99. The van der Waals surface area contributed by atoms with E-state index in [9.17, 15) is 4.79 Å². The molecule has 0 bridgehead atoms. The predicted octanol–water partition coefficient (Wildman–Crippen LogP) is 1.67. The van der Waals surface area contributed by atoms with Gasteiger partial charge in [0, 0.05) is 7.05 Å². The lowest BCUT2D eigenvalue weighted by molar-refractivity contribution is -0.120. The van der Waals surface area contributed by atoms with E-state index in [1.54, 1.807) is 0 Å². The number of ketones is 1. The number of nitrogens with zero attached hydrogens (tertiary/aromatic N) is 2. The lowest BCUT2D eigenvalue weighted by atomic mass is 9.99. The number of imidazole rings is 1. The monoisotopic (exact) mass is 245 g/mol. The Morgan fingerprint density at radius 3 is 2.67 bits per heavy atom. The van der Waals surface area contributed by atoms with Gasteiger partial charge in [-0.2, -0.15) is 0 Å². The number of carbonyl (C=O) groups excluding carboxylic acids is 1. The Labute approximate surface area is 107 Å². The molecule has 0 amide bonds. The molecule has 0 saturated heterocycles. The fourth-order valence-corrected chi connectivity index (χ4v) is 2.00. The van der Waals surface area contributed by atoms with Gasteiger partial charge in [0.2, 0.25) is 0 Å². The maximum absolute atomic E-state index is 12.0. The van der Waals surface area contributed by atoms with Gasteiger partial charge in [-0.25, -0.2) is 4.98 Å². The Morgan fingerprint density at radius 1 is 1.39 bits per heavy atom. The Bertz CT molecular complexity index is 571. The number of aryl methyl sites for hydroxylation is 1. The van der Waals surface area contributed by atoms with Crippen molar-refractivity contribution < 1.29 is 4.79 Å². The van der Waals surface area contributed by atoms with Crippen molar-refractivity contribution in [1.29, 1.82) is 0 Å². The molecule has 2 N–H and O–H groups in total. The van der Waals surface area contributed by atoms with Crippen LogP contribution in [-0.2, 0) is 18.3 Å². The number of aromatic nitrogens is 2. The zero-order valence-electron chi connectivity index (χ0n) is 11.1. The Hall–Kier alpha value is -1.68. The second-order valence-corrected chi connectivity index (χ2v) is 4.99. The fourth-order valence-electron chi connectivity index (χ4n) is 2.00. The van der Waals surface area contributed by atoms with E-state index in [-0.39, 0.29) is 11.7 Å². The van der Waals surface area contributed by atoms with Crippen LogP contribution in [0.15, 0.2) is 24.3 Å². The number of Topliss-reactive ketones (excluding diaryl/α,β-unsaturated/α-hetero) is 1. The zero-order valence-corrected chi connectivity index (χ0v) is 11.1. The van der Waals surface area contributed by atoms with Gasteiger partial charge in [0.25, 0.3) is 0 Å². The molecule has 1 aromatic carbocycles. The number of rotatable bonds is 4. The first-order chi connectivity index (χ1) is 8.50. The van der Waals surface area contributed by atoms with Crippen molar-refractivity contribution in [1.82, 2.24) is 9.55 Å². The van der Waals surface area contributed by atoms with E-state index in [2.05, 4.69) is 4.98 Å². The maximum Gasteiger partial charge on any atom is 0.157 e. The summed E-state index contributed by atoms with van der Waals surface area (Å²) in [6.45, 7) is 3.91. The van der Waals surface area contributed by atoms with Gasteiger partial charge in [-0.1, -0.05) is 26.0 Å². The minimum absolute atomic E-state index is 0.0448. The van der Waals surface area contributed by atoms with Crippen LogP contribution in [0.4, 0.5) is 0 Å². The summed E-state index contributed by atoms with van der Waals surface area (Å²) in [5.74, 6) is 0.980. The lowest BCUT2D eigenvalue weighted by Crippen LogP contribution is -2.37. The van der Waals surface area contributed by atoms with Crippen molar-refractivity contribution in [2.75, 3.05) is 0 Å². The lowest BCUT2D eigenvalue weighted by Gasteiger charge is -2.13. The van der Waals surface area contributed by atoms with Crippen molar-refractivity contribution in [2.45, 2.75) is 26.3 Å². The van der Waals surface area contributed by atoms with Gasteiger partial charge in [-0.3, -0.25) is 4.79 Å². The third-order valence-electron chi connectivity index (χ3n) is 3.30. The molecule has 1 heterocycles. The summed E-state index contributed by atoms with van der Waals surface area (Å²) in [5, 5.41) is 0. The van der Waals surface area contributed by atoms with Crippen molar-refractivity contribution in [3.05, 3.63) is 30.1 Å². The van der Waals surface area contributed by atoms with Crippen LogP contribution < -0.4 is 5.73 Å². The topological polar surface area (TPSA) is 60.9 Å². The van der Waals surface area contributed by atoms with Gasteiger partial charge >= 0.3 is 0 Å². The van der Waals surface area contributed by atoms with Crippen LogP contribution >= 0.6 is 0 Å². The summed E-state index contributed by atoms with van der Waals surface area (Å²) in [6.07, 6.45) is 0.296. The number of fused-ring (bicyclic) bond motifs is 1. The van der Waals surface area contributed by atoms with Gasteiger partial charge in [-0.15, -0.1) is 0 Å². The molecule has 2 rings (SSSR count).